The van der Waals surface area contributed by atoms with Gasteiger partial charge in [0.15, 0.2) is 0 Å². The quantitative estimate of drug-likeness (QED) is 0.824. The zero-order valence-electron chi connectivity index (χ0n) is 10.2. The number of nitrogen functional groups attached to an aromatic ring is 1. The molecule has 0 heterocycles. The van der Waals surface area contributed by atoms with Crippen LogP contribution in [0, 0.1) is 12.7 Å². The van der Waals surface area contributed by atoms with Crippen LogP contribution in [0.2, 0.25) is 5.02 Å². The average Bonchev–Trinajstić information content (AvgIpc) is 2.32. The Labute approximate surface area is 115 Å². The predicted octanol–water partition coefficient (Wildman–Crippen LogP) is 3.62. The van der Waals surface area contributed by atoms with Crippen molar-refractivity contribution < 1.29 is 9.18 Å². The van der Waals surface area contributed by atoms with E-state index in [1.165, 1.54) is 12.1 Å². The predicted molar refractivity (Wildman–Crippen MR) is 75.0 cm³/mol. The number of halogens is 2. The van der Waals surface area contributed by atoms with Gasteiger partial charge in [-0.05, 0) is 36.8 Å². The molecule has 0 bridgehead atoms. The Morgan fingerprint density at radius 2 is 2.05 bits per heavy atom. The van der Waals surface area contributed by atoms with E-state index >= 15 is 0 Å². The first-order valence-electron chi connectivity index (χ1n) is 5.60. The van der Waals surface area contributed by atoms with Crippen molar-refractivity contribution in [3.05, 3.63) is 58.4 Å². The monoisotopic (exact) mass is 278 g/mol. The minimum Gasteiger partial charge on any atom is -0.398 e. The van der Waals surface area contributed by atoms with Gasteiger partial charge in [0, 0.05) is 10.7 Å². The molecular weight excluding hydrogens is 267 g/mol. The van der Waals surface area contributed by atoms with Gasteiger partial charge in [-0.25, -0.2) is 4.39 Å². The Bertz CT molecular complexity index is 623. The lowest BCUT2D eigenvalue weighted by atomic mass is 10.1. The fraction of sp³-hybridized carbons (Fsp3) is 0.0714. The third kappa shape index (κ3) is 2.85. The molecule has 0 aromatic heterocycles. The van der Waals surface area contributed by atoms with Crippen molar-refractivity contribution in [2.24, 2.45) is 0 Å². The number of nitrogens with two attached hydrogens (primary N) is 1. The summed E-state index contributed by atoms with van der Waals surface area (Å²) in [5.41, 5.74) is 7.26. The number of aryl methyl sites for hydroxylation is 1. The van der Waals surface area contributed by atoms with Gasteiger partial charge >= 0.3 is 0 Å². The van der Waals surface area contributed by atoms with Gasteiger partial charge in [0.25, 0.3) is 5.91 Å². The van der Waals surface area contributed by atoms with E-state index in [0.29, 0.717) is 11.3 Å². The van der Waals surface area contributed by atoms with E-state index < -0.39 is 11.7 Å². The van der Waals surface area contributed by atoms with E-state index in [0.717, 1.165) is 11.6 Å². The van der Waals surface area contributed by atoms with Crippen molar-refractivity contribution in [1.29, 1.82) is 0 Å². The topological polar surface area (TPSA) is 55.1 Å². The normalized spacial score (nSPS) is 10.3. The first kappa shape index (κ1) is 13.4. The number of hydrogen-bond donors (Lipinski definition) is 2. The van der Waals surface area contributed by atoms with Crippen LogP contribution in [0.1, 0.15) is 15.9 Å². The van der Waals surface area contributed by atoms with Crippen LogP contribution in [-0.4, -0.2) is 5.91 Å². The Morgan fingerprint density at radius 1 is 1.32 bits per heavy atom. The number of amides is 1. The van der Waals surface area contributed by atoms with Gasteiger partial charge in [0.1, 0.15) is 5.82 Å². The van der Waals surface area contributed by atoms with Crippen LogP contribution in [-0.2, 0) is 0 Å². The second-order valence-electron chi connectivity index (χ2n) is 4.12. The van der Waals surface area contributed by atoms with E-state index in [9.17, 15) is 9.18 Å². The van der Waals surface area contributed by atoms with Crippen molar-refractivity contribution in [3.8, 4) is 0 Å². The van der Waals surface area contributed by atoms with Crippen LogP contribution in [0.3, 0.4) is 0 Å². The maximum absolute atomic E-state index is 13.6. The van der Waals surface area contributed by atoms with Crippen molar-refractivity contribution in [2.45, 2.75) is 6.92 Å². The summed E-state index contributed by atoms with van der Waals surface area (Å²) < 4.78 is 13.6. The molecule has 0 aliphatic carbocycles. The Kier molecular flexibility index (Phi) is 3.71. The first-order chi connectivity index (χ1) is 8.99. The zero-order chi connectivity index (χ0) is 14.0. The van der Waals surface area contributed by atoms with Gasteiger partial charge in [-0.15, -0.1) is 0 Å². The molecule has 0 fully saturated rings. The lowest BCUT2D eigenvalue weighted by Crippen LogP contribution is -2.16. The molecule has 98 valence electrons. The summed E-state index contributed by atoms with van der Waals surface area (Å²) in [6.07, 6.45) is 0. The zero-order valence-corrected chi connectivity index (χ0v) is 11.0. The van der Waals surface area contributed by atoms with Gasteiger partial charge < -0.3 is 11.1 Å². The molecule has 5 heteroatoms. The first-order valence-corrected chi connectivity index (χ1v) is 5.98. The minimum absolute atomic E-state index is 0.0667. The second-order valence-corrected chi connectivity index (χ2v) is 4.55. The summed E-state index contributed by atoms with van der Waals surface area (Å²) in [6.45, 7) is 1.77. The molecule has 0 saturated heterocycles. The minimum atomic E-state index is -0.590. The molecule has 2 aromatic rings. The number of benzene rings is 2. The maximum atomic E-state index is 13.6. The summed E-state index contributed by atoms with van der Waals surface area (Å²) in [6, 6.07) is 9.19. The molecule has 0 atom stereocenters. The van der Waals surface area contributed by atoms with Crippen molar-refractivity contribution in [1.82, 2.24) is 0 Å². The van der Waals surface area contributed by atoms with Crippen molar-refractivity contribution in [2.75, 3.05) is 11.1 Å². The average molecular weight is 279 g/mol. The second kappa shape index (κ2) is 5.28. The van der Waals surface area contributed by atoms with E-state index in [4.69, 9.17) is 17.3 Å². The highest BCUT2D eigenvalue weighted by Gasteiger charge is 2.14. The Hall–Kier alpha value is -2.07. The molecule has 0 aliphatic heterocycles. The SMILES string of the molecule is Cc1cccc(N)c1C(=O)Nc1ccc(Cl)cc1F. The molecule has 0 radical (unpaired) electrons. The number of carbonyl (C=O) groups excluding carboxylic acids is 1. The molecule has 0 spiro atoms. The lowest BCUT2D eigenvalue weighted by Gasteiger charge is -2.10. The smallest absolute Gasteiger partial charge is 0.258 e. The third-order valence-electron chi connectivity index (χ3n) is 2.71. The highest BCUT2D eigenvalue weighted by Crippen LogP contribution is 2.22. The van der Waals surface area contributed by atoms with Crippen LogP contribution < -0.4 is 11.1 Å². The van der Waals surface area contributed by atoms with Gasteiger partial charge in [-0.1, -0.05) is 23.7 Å². The van der Waals surface area contributed by atoms with Crippen molar-refractivity contribution >= 4 is 28.9 Å². The fourth-order valence-corrected chi connectivity index (χ4v) is 1.94. The summed E-state index contributed by atoms with van der Waals surface area (Å²) in [5.74, 6) is -1.04. The summed E-state index contributed by atoms with van der Waals surface area (Å²) in [4.78, 5) is 12.1. The molecule has 3 nitrogen and oxygen atoms in total. The number of carbonyl (C=O) groups is 1. The molecule has 3 N–H and O–H groups in total. The summed E-state index contributed by atoms with van der Waals surface area (Å²) in [5, 5.41) is 2.75. The van der Waals surface area contributed by atoms with E-state index in [1.807, 2.05) is 0 Å². The van der Waals surface area contributed by atoms with Crippen LogP contribution >= 0.6 is 11.6 Å². The molecule has 0 unspecified atom stereocenters. The molecule has 19 heavy (non-hydrogen) atoms. The molecule has 0 aliphatic rings. The number of hydrogen-bond acceptors (Lipinski definition) is 2. The van der Waals surface area contributed by atoms with Gasteiger partial charge in [0.2, 0.25) is 0 Å². The van der Waals surface area contributed by atoms with Crippen LogP contribution in [0.5, 0.6) is 0 Å². The lowest BCUT2D eigenvalue weighted by molar-refractivity contribution is 0.102. The van der Waals surface area contributed by atoms with Crippen LogP contribution in [0.15, 0.2) is 36.4 Å². The van der Waals surface area contributed by atoms with Gasteiger partial charge in [-0.2, -0.15) is 0 Å². The largest absolute Gasteiger partial charge is 0.398 e. The molecule has 0 saturated carbocycles. The summed E-state index contributed by atoms with van der Waals surface area (Å²) >= 11 is 5.65. The third-order valence-corrected chi connectivity index (χ3v) is 2.95. The van der Waals surface area contributed by atoms with Gasteiger partial charge in [0.05, 0.1) is 11.3 Å². The highest BCUT2D eigenvalue weighted by atomic mass is 35.5. The molecule has 2 rings (SSSR count). The number of rotatable bonds is 2. The van der Waals surface area contributed by atoms with Crippen molar-refractivity contribution in [3.63, 3.8) is 0 Å². The standard InChI is InChI=1S/C14H12ClFN2O/c1-8-3-2-4-11(17)13(8)14(19)18-12-6-5-9(15)7-10(12)16/h2-7H,17H2,1H3,(H,18,19). The highest BCUT2D eigenvalue weighted by molar-refractivity contribution is 6.30. The molecular formula is C14H12ClFN2O. The number of nitrogens with one attached hydrogen (secondary N) is 1. The van der Waals surface area contributed by atoms with Crippen LogP contribution in [0.25, 0.3) is 0 Å². The van der Waals surface area contributed by atoms with E-state index in [-0.39, 0.29) is 10.7 Å². The van der Waals surface area contributed by atoms with Crippen LogP contribution in [0.4, 0.5) is 15.8 Å². The molecule has 1 amide bonds. The maximum Gasteiger partial charge on any atom is 0.258 e. The van der Waals surface area contributed by atoms with E-state index in [1.54, 1.807) is 25.1 Å². The Balaban J connectivity index is 2.31. The summed E-state index contributed by atoms with van der Waals surface area (Å²) in [7, 11) is 0. The Morgan fingerprint density at radius 3 is 2.68 bits per heavy atom. The molecule has 2 aromatic carbocycles. The van der Waals surface area contributed by atoms with E-state index in [2.05, 4.69) is 5.32 Å². The fourth-order valence-electron chi connectivity index (χ4n) is 1.78. The van der Waals surface area contributed by atoms with Gasteiger partial charge in [-0.3, -0.25) is 4.79 Å². The number of anilines is 2.